The highest BCUT2D eigenvalue weighted by Crippen LogP contribution is 2.33. The monoisotopic (exact) mass is 222 g/mol. The van der Waals surface area contributed by atoms with Crippen LogP contribution in [0.25, 0.3) is 0 Å². The molecule has 0 aromatic heterocycles. The predicted octanol–water partition coefficient (Wildman–Crippen LogP) is 1.66. The number of carboxylic acid groups (broad SMARTS) is 1. The van der Waals surface area contributed by atoms with Crippen molar-refractivity contribution in [1.29, 1.82) is 0 Å². The third kappa shape index (κ3) is 1.96. The molecule has 2 rings (SSSR count). The van der Waals surface area contributed by atoms with E-state index in [1.165, 1.54) is 0 Å². The fraction of sp³-hybridized carbons (Fsp3) is 0.417. The quantitative estimate of drug-likeness (QED) is 0.798. The van der Waals surface area contributed by atoms with Crippen molar-refractivity contribution < 1.29 is 19.7 Å². The van der Waals surface area contributed by atoms with Crippen molar-refractivity contribution in [1.82, 2.24) is 0 Å². The van der Waals surface area contributed by atoms with Gasteiger partial charge in [-0.25, -0.2) is 0 Å². The number of aromatic hydroxyl groups is 1. The summed E-state index contributed by atoms with van der Waals surface area (Å²) >= 11 is 0. The van der Waals surface area contributed by atoms with Crippen LogP contribution in [-0.2, 0) is 11.2 Å². The normalized spacial score (nSPS) is 20.7. The number of hydrogen-bond donors (Lipinski definition) is 2. The van der Waals surface area contributed by atoms with E-state index in [1.54, 1.807) is 25.1 Å². The van der Waals surface area contributed by atoms with Gasteiger partial charge >= 0.3 is 5.97 Å². The molecule has 0 bridgehead atoms. The molecule has 4 nitrogen and oxygen atoms in total. The van der Waals surface area contributed by atoms with Crippen LogP contribution >= 0.6 is 0 Å². The van der Waals surface area contributed by atoms with E-state index in [2.05, 4.69) is 0 Å². The molecule has 16 heavy (non-hydrogen) atoms. The van der Waals surface area contributed by atoms with Crippen molar-refractivity contribution in [3.8, 4) is 11.5 Å². The Kier molecular flexibility index (Phi) is 2.73. The lowest BCUT2D eigenvalue weighted by Gasteiger charge is -2.27. The van der Waals surface area contributed by atoms with Gasteiger partial charge in [-0.3, -0.25) is 4.79 Å². The Bertz CT molecular complexity index is 413. The van der Waals surface area contributed by atoms with Gasteiger partial charge in [0, 0.05) is 12.0 Å². The molecule has 1 aromatic carbocycles. The van der Waals surface area contributed by atoms with Gasteiger partial charge in [0.15, 0.2) is 0 Å². The number of ether oxygens (including phenoxy) is 1. The summed E-state index contributed by atoms with van der Waals surface area (Å²) in [6.07, 6.45) is 0.684. The van der Waals surface area contributed by atoms with E-state index in [4.69, 9.17) is 9.84 Å². The molecule has 2 unspecified atom stereocenters. The van der Waals surface area contributed by atoms with Gasteiger partial charge in [0.05, 0.1) is 12.5 Å². The summed E-state index contributed by atoms with van der Waals surface area (Å²) in [5.74, 6) is -0.385. The number of carboxylic acids is 1. The Balaban J connectivity index is 2.18. The molecule has 1 aromatic rings. The second kappa shape index (κ2) is 4.04. The zero-order valence-electron chi connectivity index (χ0n) is 9.01. The largest absolute Gasteiger partial charge is 0.508 e. The average Bonchev–Trinajstić information content (AvgIpc) is 2.27. The summed E-state index contributed by atoms with van der Waals surface area (Å²) in [7, 11) is 0. The van der Waals surface area contributed by atoms with E-state index >= 15 is 0 Å². The lowest BCUT2D eigenvalue weighted by molar-refractivity contribution is -0.143. The Morgan fingerprint density at radius 1 is 1.56 bits per heavy atom. The summed E-state index contributed by atoms with van der Waals surface area (Å²) in [6.45, 7) is 2.09. The second-order valence-electron chi connectivity index (χ2n) is 4.19. The Morgan fingerprint density at radius 3 is 3.00 bits per heavy atom. The first kappa shape index (κ1) is 10.8. The van der Waals surface area contributed by atoms with E-state index in [0.29, 0.717) is 18.8 Å². The van der Waals surface area contributed by atoms with Crippen molar-refractivity contribution in [2.24, 2.45) is 11.8 Å². The first-order chi connectivity index (χ1) is 7.58. The number of aliphatic carboxylic acids is 1. The molecule has 0 amide bonds. The molecule has 1 aliphatic heterocycles. The van der Waals surface area contributed by atoms with Gasteiger partial charge in [0.2, 0.25) is 0 Å². The predicted molar refractivity (Wildman–Crippen MR) is 57.6 cm³/mol. The van der Waals surface area contributed by atoms with Crippen LogP contribution in [0.1, 0.15) is 12.5 Å². The molecule has 86 valence electrons. The van der Waals surface area contributed by atoms with Gasteiger partial charge in [-0.05, 0) is 18.1 Å². The van der Waals surface area contributed by atoms with Crippen molar-refractivity contribution in [3.05, 3.63) is 23.8 Å². The molecule has 1 heterocycles. The lowest BCUT2D eigenvalue weighted by Crippen LogP contribution is -2.30. The van der Waals surface area contributed by atoms with Gasteiger partial charge < -0.3 is 14.9 Å². The van der Waals surface area contributed by atoms with Gasteiger partial charge in [-0.2, -0.15) is 0 Å². The summed E-state index contributed by atoms with van der Waals surface area (Å²) in [6, 6.07) is 4.94. The summed E-state index contributed by atoms with van der Waals surface area (Å²) in [5.41, 5.74) is 0.960. The Morgan fingerprint density at radius 2 is 2.31 bits per heavy atom. The zero-order valence-corrected chi connectivity index (χ0v) is 9.01. The SMILES string of the molecule is CC(C(=O)O)C1COc2cc(O)ccc2C1. The van der Waals surface area contributed by atoms with Crippen LogP contribution in [0.4, 0.5) is 0 Å². The molecule has 2 N–H and O–H groups in total. The van der Waals surface area contributed by atoms with Crippen molar-refractivity contribution >= 4 is 5.97 Å². The van der Waals surface area contributed by atoms with Gasteiger partial charge in [0.25, 0.3) is 0 Å². The number of benzene rings is 1. The summed E-state index contributed by atoms with van der Waals surface area (Å²) < 4.78 is 5.46. The van der Waals surface area contributed by atoms with Crippen LogP contribution in [0, 0.1) is 11.8 Å². The molecule has 0 fully saturated rings. The molecule has 1 aliphatic rings. The highest BCUT2D eigenvalue weighted by Gasteiger charge is 2.28. The fourth-order valence-corrected chi connectivity index (χ4v) is 1.91. The number of phenolic OH excluding ortho intramolecular Hbond substituents is 1. The van der Waals surface area contributed by atoms with E-state index in [1.807, 2.05) is 0 Å². The highest BCUT2D eigenvalue weighted by atomic mass is 16.5. The molecular formula is C12H14O4. The minimum Gasteiger partial charge on any atom is -0.508 e. The van der Waals surface area contributed by atoms with E-state index in [9.17, 15) is 9.90 Å². The highest BCUT2D eigenvalue weighted by molar-refractivity contribution is 5.70. The minimum absolute atomic E-state index is 0.00505. The minimum atomic E-state index is -0.796. The Hall–Kier alpha value is -1.71. The molecule has 2 atom stereocenters. The maximum Gasteiger partial charge on any atom is 0.306 e. The van der Waals surface area contributed by atoms with Gasteiger partial charge in [0.1, 0.15) is 11.5 Å². The fourth-order valence-electron chi connectivity index (χ4n) is 1.91. The third-order valence-corrected chi connectivity index (χ3v) is 3.08. The van der Waals surface area contributed by atoms with Crippen LogP contribution < -0.4 is 4.74 Å². The first-order valence-corrected chi connectivity index (χ1v) is 5.25. The van der Waals surface area contributed by atoms with E-state index in [-0.39, 0.29) is 11.7 Å². The second-order valence-corrected chi connectivity index (χ2v) is 4.19. The van der Waals surface area contributed by atoms with Crippen LogP contribution in [0.5, 0.6) is 11.5 Å². The maximum absolute atomic E-state index is 10.9. The molecule has 0 radical (unpaired) electrons. The van der Waals surface area contributed by atoms with Crippen LogP contribution in [0.15, 0.2) is 18.2 Å². The number of carbonyl (C=O) groups is 1. The van der Waals surface area contributed by atoms with Gasteiger partial charge in [-0.1, -0.05) is 13.0 Å². The maximum atomic E-state index is 10.9. The van der Waals surface area contributed by atoms with Crippen LogP contribution in [0.2, 0.25) is 0 Å². The molecule has 4 heteroatoms. The molecule has 0 aliphatic carbocycles. The third-order valence-electron chi connectivity index (χ3n) is 3.08. The topological polar surface area (TPSA) is 66.8 Å². The lowest BCUT2D eigenvalue weighted by atomic mass is 9.87. The van der Waals surface area contributed by atoms with Gasteiger partial charge in [-0.15, -0.1) is 0 Å². The number of hydrogen-bond acceptors (Lipinski definition) is 3. The smallest absolute Gasteiger partial charge is 0.306 e. The average molecular weight is 222 g/mol. The standard InChI is InChI=1S/C12H14O4/c1-7(12(14)15)9-4-8-2-3-10(13)5-11(8)16-6-9/h2-3,5,7,9,13H,4,6H2,1H3,(H,14,15). The molecule has 0 saturated carbocycles. The van der Waals surface area contributed by atoms with E-state index in [0.717, 1.165) is 5.56 Å². The van der Waals surface area contributed by atoms with Crippen LogP contribution in [-0.4, -0.2) is 22.8 Å². The number of fused-ring (bicyclic) bond motifs is 1. The van der Waals surface area contributed by atoms with E-state index < -0.39 is 11.9 Å². The van der Waals surface area contributed by atoms with Crippen molar-refractivity contribution in [2.45, 2.75) is 13.3 Å². The zero-order chi connectivity index (χ0) is 11.7. The Labute approximate surface area is 93.5 Å². The summed E-state index contributed by atoms with van der Waals surface area (Å²) in [4.78, 5) is 10.9. The van der Waals surface area contributed by atoms with Crippen LogP contribution in [0.3, 0.4) is 0 Å². The molecule has 0 spiro atoms. The van der Waals surface area contributed by atoms with Crippen molar-refractivity contribution in [2.75, 3.05) is 6.61 Å². The molecule has 0 saturated heterocycles. The number of rotatable bonds is 2. The number of phenols is 1. The first-order valence-electron chi connectivity index (χ1n) is 5.25. The summed E-state index contributed by atoms with van der Waals surface area (Å²) in [5, 5.41) is 18.2. The van der Waals surface area contributed by atoms with Crippen molar-refractivity contribution in [3.63, 3.8) is 0 Å². The molecular weight excluding hydrogens is 208 g/mol.